The average molecular weight is 151 g/mol. The molecule has 2 heterocycles. The van der Waals surface area contributed by atoms with E-state index in [0.717, 1.165) is 11.4 Å². The Morgan fingerprint density at radius 3 is 3.50 bits per heavy atom. The van der Waals surface area contributed by atoms with Gasteiger partial charge in [-0.3, -0.25) is 0 Å². The summed E-state index contributed by atoms with van der Waals surface area (Å²) in [6, 6.07) is 0. The van der Waals surface area contributed by atoms with Crippen molar-refractivity contribution in [2.24, 2.45) is 14.6 Å². The number of fused-ring (bicyclic) bond motifs is 1. The summed E-state index contributed by atoms with van der Waals surface area (Å²) in [6.45, 7) is 0. The van der Waals surface area contributed by atoms with Crippen LogP contribution in [0.4, 0.5) is 0 Å². The van der Waals surface area contributed by atoms with Gasteiger partial charge in [0, 0.05) is 17.5 Å². The fraction of sp³-hybridized carbons (Fsp3) is 0.167. The number of rotatable bonds is 0. The normalized spacial score (nSPS) is 21.6. The highest BCUT2D eigenvalue weighted by molar-refractivity contribution is 7.98. The molecule has 0 saturated carbocycles. The zero-order chi connectivity index (χ0) is 6.81. The van der Waals surface area contributed by atoms with Gasteiger partial charge in [-0.25, -0.2) is 4.40 Å². The van der Waals surface area contributed by atoms with Gasteiger partial charge in [0.2, 0.25) is 0 Å². The molecule has 50 valence electrons. The lowest BCUT2D eigenvalue weighted by Gasteiger charge is -1.92. The summed E-state index contributed by atoms with van der Waals surface area (Å²) >= 11 is 1.52. The van der Waals surface area contributed by atoms with Crippen LogP contribution in [0.5, 0.6) is 0 Å². The molecule has 0 atom stereocenters. The highest BCUT2D eigenvalue weighted by atomic mass is 32.2. The minimum absolute atomic E-state index is 0.884. The topological polar surface area (TPSA) is 37.1 Å². The molecule has 0 amide bonds. The first kappa shape index (κ1) is 5.85. The van der Waals surface area contributed by atoms with Crippen LogP contribution in [0.2, 0.25) is 0 Å². The molecule has 10 heavy (non-hydrogen) atoms. The molecule has 0 aromatic carbocycles. The van der Waals surface area contributed by atoms with Crippen molar-refractivity contribution in [1.82, 2.24) is 0 Å². The Bertz CT molecular complexity index is 262. The summed E-state index contributed by atoms with van der Waals surface area (Å²) in [4.78, 5) is 0. The van der Waals surface area contributed by atoms with E-state index in [1.165, 1.54) is 17.5 Å². The number of hydrogen-bond donors (Lipinski definition) is 0. The first-order chi connectivity index (χ1) is 4.97. The van der Waals surface area contributed by atoms with Gasteiger partial charge in [-0.05, 0) is 18.0 Å². The van der Waals surface area contributed by atoms with E-state index < -0.39 is 0 Å². The van der Waals surface area contributed by atoms with Crippen molar-refractivity contribution in [3.8, 4) is 0 Å². The zero-order valence-electron chi connectivity index (χ0n) is 5.19. The predicted octanol–water partition coefficient (Wildman–Crippen LogP) is 1.95. The van der Waals surface area contributed by atoms with E-state index in [9.17, 15) is 0 Å². The molecule has 0 aromatic heterocycles. The summed E-state index contributed by atoms with van der Waals surface area (Å²) in [5, 5.41) is 7.70. The molecule has 2 aliphatic heterocycles. The molecule has 4 heteroatoms. The summed E-state index contributed by atoms with van der Waals surface area (Å²) < 4.78 is 4.03. The Balaban J connectivity index is 2.36. The van der Waals surface area contributed by atoms with Crippen molar-refractivity contribution in [3.63, 3.8) is 0 Å². The van der Waals surface area contributed by atoms with Crippen molar-refractivity contribution in [2.45, 2.75) is 0 Å². The van der Waals surface area contributed by atoms with Crippen molar-refractivity contribution in [3.05, 3.63) is 23.5 Å². The van der Waals surface area contributed by atoms with E-state index in [1.807, 2.05) is 6.08 Å². The Morgan fingerprint density at radius 2 is 2.50 bits per heavy atom. The van der Waals surface area contributed by atoms with Gasteiger partial charge in [0.1, 0.15) is 0 Å². The van der Waals surface area contributed by atoms with Crippen LogP contribution in [0.15, 0.2) is 38.2 Å². The Labute approximate surface area is 62.8 Å². The first-order valence-electron chi connectivity index (χ1n) is 2.93. The molecule has 2 rings (SSSR count). The molecule has 0 spiro atoms. The van der Waals surface area contributed by atoms with Gasteiger partial charge in [-0.2, -0.15) is 10.2 Å². The van der Waals surface area contributed by atoms with E-state index in [2.05, 4.69) is 14.6 Å². The Kier molecular flexibility index (Phi) is 1.39. The summed E-state index contributed by atoms with van der Waals surface area (Å²) in [5.41, 5.74) is 2.12. The van der Waals surface area contributed by atoms with Gasteiger partial charge < -0.3 is 0 Å². The Morgan fingerprint density at radius 1 is 1.50 bits per heavy atom. The molecule has 0 aromatic rings. The highest BCUT2D eigenvalue weighted by Gasteiger charge is 2.10. The van der Waals surface area contributed by atoms with E-state index in [0.29, 0.717) is 0 Å². The number of azo groups is 1. The van der Waals surface area contributed by atoms with Crippen molar-refractivity contribution < 1.29 is 0 Å². The van der Waals surface area contributed by atoms with Gasteiger partial charge in [0.05, 0.1) is 11.9 Å². The average Bonchev–Trinajstić information content (AvgIpc) is 2.28. The molecule has 0 radical (unpaired) electrons. The number of nitrogens with zero attached hydrogens (tertiary/aromatic N) is 3. The lowest BCUT2D eigenvalue weighted by molar-refractivity contribution is 1.23. The molecule has 0 N–H and O–H groups in total. The molecule has 0 bridgehead atoms. The van der Waals surface area contributed by atoms with Gasteiger partial charge in [0.15, 0.2) is 0 Å². The van der Waals surface area contributed by atoms with E-state index >= 15 is 0 Å². The summed E-state index contributed by atoms with van der Waals surface area (Å²) in [7, 11) is 0. The second-order valence-electron chi connectivity index (χ2n) is 1.95. The SMILES string of the molecule is C1=NSCC2=CN=NC2=C1. The lowest BCUT2D eigenvalue weighted by atomic mass is 10.2. The van der Waals surface area contributed by atoms with Gasteiger partial charge >= 0.3 is 0 Å². The van der Waals surface area contributed by atoms with Crippen LogP contribution in [0.3, 0.4) is 0 Å². The number of hydrogen-bond acceptors (Lipinski definition) is 4. The third-order valence-electron chi connectivity index (χ3n) is 1.30. The van der Waals surface area contributed by atoms with Crippen LogP contribution >= 0.6 is 11.9 Å². The smallest absolute Gasteiger partial charge is 0.0929 e. The molecular formula is C6H5N3S. The lowest BCUT2D eigenvalue weighted by Crippen LogP contribution is -1.83. The maximum Gasteiger partial charge on any atom is 0.0929 e. The van der Waals surface area contributed by atoms with Crippen molar-refractivity contribution in [2.75, 3.05) is 5.75 Å². The molecule has 0 aliphatic carbocycles. The molecule has 0 saturated heterocycles. The summed E-state index contributed by atoms with van der Waals surface area (Å²) in [6.07, 6.45) is 5.42. The highest BCUT2D eigenvalue weighted by Crippen LogP contribution is 2.24. The van der Waals surface area contributed by atoms with Crippen molar-refractivity contribution in [1.29, 1.82) is 0 Å². The largest absolute Gasteiger partial charge is 0.224 e. The maximum atomic E-state index is 4.03. The second-order valence-corrected chi connectivity index (χ2v) is 2.71. The van der Waals surface area contributed by atoms with Gasteiger partial charge in [-0.1, -0.05) is 0 Å². The van der Waals surface area contributed by atoms with Crippen molar-refractivity contribution >= 4 is 18.2 Å². The van der Waals surface area contributed by atoms with Crippen LogP contribution in [0.25, 0.3) is 0 Å². The Hall–Kier alpha value is -0.900. The van der Waals surface area contributed by atoms with Gasteiger partial charge in [0.25, 0.3) is 0 Å². The molecule has 0 unspecified atom stereocenters. The quantitative estimate of drug-likeness (QED) is 0.487. The van der Waals surface area contributed by atoms with Crippen LogP contribution in [0.1, 0.15) is 0 Å². The third kappa shape index (κ3) is 0.903. The minimum atomic E-state index is 0.884. The predicted molar refractivity (Wildman–Crippen MR) is 42.0 cm³/mol. The van der Waals surface area contributed by atoms with E-state index in [1.54, 1.807) is 12.4 Å². The molecular weight excluding hydrogens is 146 g/mol. The monoisotopic (exact) mass is 151 g/mol. The fourth-order valence-corrected chi connectivity index (χ4v) is 1.38. The number of allylic oxidation sites excluding steroid dienone is 2. The minimum Gasteiger partial charge on any atom is -0.224 e. The fourth-order valence-electron chi connectivity index (χ4n) is 0.794. The maximum absolute atomic E-state index is 4.03. The summed E-state index contributed by atoms with van der Waals surface area (Å²) in [5.74, 6) is 0.884. The molecule has 2 aliphatic rings. The van der Waals surface area contributed by atoms with Crippen LogP contribution in [-0.4, -0.2) is 12.0 Å². The first-order valence-corrected chi connectivity index (χ1v) is 3.87. The zero-order valence-corrected chi connectivity index (χ0v) is 6.01. The molecule has 0 fully saturated rings. The van der Waals surface area contributed by atoms with E-state index in [4.69, 9.17) is 0 Å². The van der Waals surface area contributed by atoms with Crippen LogP contribution in [0, 0.1) is 0 Å². The van der Waals surface area contributed by atoms with E-state index in [-0.39, 0.29) is 0 Å². The van der Waals surface area contributed by atoms with Crippen LogP contribution < -0.4 is 0 Å². The second kappa shape index (κ2) is 2.38. The third-order valence-corrected chi connectivity index (χ3v) is 2.01. The standard InChI is InChI=1S/C6H5N3S/c1-2-8-10-4-5-3-7-9-6(1)5/h1-3H,4H2. The van der Waals surface area contributed by atoms with Crippen LogP contribution in [-0.2, 0) is 0 Å². The van der Waals surface area contributed by atoms with Gasteiger partial charge in [-0.15, -0.1) is 0 Å². The molecule has 3 nitrogen and oxygen atoms in total.